The van der Waals surface area contributed by atoms with Gasteiger partial charge in [-0.1, -0.05) is 0 Å². The summed E-state index contributed by atoms with van der Waals surface area (Å²) in [5, 5.41) is 0. The number of pyridine rings is 1. The number of piperazine rings is 1. The highest BCUT2D eigenvalue weighted by Gasteiger charge is 2.52. The van der Waals surface area contributed by atoms with Gasteiger partial charge in [0.2, 0.25) is 0 Å². The Balaban J connectivity index is 1.85. The molecule has 2 saturated heterocycles. The number of anilines is 1. The first-order valence-corrected chi connectivity index (χ1v) is 8.14. The third-order valence-corrected chi connectivity index (χ3v) is 5.20. The van der Waals surface area contributed by atoms with Gasteiger partial charge in [-0.25, -0.2) is 9.37 Å². The van der Waals surface area contributed by atoms with Crippen molar-refractivity contribution in [3.8, 4) is 0 Å². The summed E-state index contributed by atoms with van der Waals surface area (Å²) in [4.78, 5) is 8.70. The summed E-state index contributed by atoms with van der Waals surface area (Å²) < 4.78 is 26.3. The molecule has 0 unspecified atom stereocenters. The van der Waals surface area contributed by atoms with Crippen LogP contribution in [0.4, 0.5) is 10.2 Å². The largest absolute Gasteiger partial charge is 0.498 e. The maximum Gasteiger partial charge on any atom is 0.498 e. The Morgan fingerprint density at radius 1 is 1.09 bits per heavy atom. The first-order chi connectivity index (χ1) is 10.7. The number of halogens is 1. The quantitative estimate of drug-likeness (QED) is 0.767. The molecule has 0 N–H and O–H groups in total. The van der Waals surface area contributed by atoms with Gasteiger partial charge < -0.3 is 19.1 Å². The average molecular weight is 321 g/mol. The van der Waals surface area contributed by atoms with E-state index in [1.807, 2.05) is 27.7 Å². The predicted molar refractivity (Wildman–Crippen MR) is 89.6 cm³/mol. The molecule has 1 aromatic rings. The molecule has 2 aliphatic rings. The molecule has 3 rings (SSSR count). The van der Waals surface area contributed by atoms with E-state index in [4.69, 9.17) is 9.31 Å². The number of hydrogen-bond donors (Lipinski definition) is 0. The summed E-state index contributed by atoms with van der Waals surface area (Å²) in [5.74, 6) is 0.394. The van der Waals surface area contributed by atoms with E-state index in [9.17, 15) is 4.39 Å². The molecule has 0 atom stereocenters. The fraction of sp³-hybridized carbons (Fsp3) is 0.688. The minimum atomic E-state index is -0.700. The van der Waals surface area contributed by atoms with Crippen molar-refractivity contribution in [1.82, 2.24) is 9.88 Å². The van der Waals surface area contributed by atoms with Gasteiger partial charge in [-0.2, -0.15) is 0 Å². The maximum atomic E-state index is 14.3. The van der Waals surface area contributed by atoms with Crippen LogP contribution in [0.15, 0.2) is 12.3 Å². The second kappa shape index (κ2) is 5.72. The standard InChI is InChI=1S/C16H25BFN3O2/c1-15(2)16(3,4)23-17(22-15)12-10-14(19-11-13(12)18)21-8-6-20(5)7-9-21/h10-11H,6-9H2,1-5H3. The molecule has 0 aliphatic carbocycles. The van der Waals surface area contributed by atoms with E-state index in [0.29, 0.717) is 5.46 Å². The van der Waals surface area contributed by atoms with E-state index < -0.39 is 18.3 Å². The second-order valence-electron chi connectivity index (χ2n) is 7.44. The summed E-state index contributed by atoms with van der Waals surface area (Å²) in [6.07, 6.45) is 1.27. The Kier molecular flexibility index (Phi) is 4.15. The van der Waals surface area contributed by atoms with Crippen LogP contribution in [0.3, 0.4) is 0 Å². The van der Waals surface area contributed by atoms with Crippen molar-refractivity contribution in [3.63, 3.8) is 0 Å². The van der Waals surface area contributed by atoms with Gasteiger partial charge in [-0.3, -0.25) is 0 Å². The van der Waals surface area contributed by atoms with E-state index in [0.717, 1.165) is 32.0 Å². The minimum absolute atomic E-state index is 0.388. The Morgan fingerprint density at radius 3 is 2.22 bits per heavy atom. The van der Waals surface area contributed by atoms with Gasteiger partial charge in [0.1, 0.15) is 11.6 Å². The fourth-order valence-electron chi connectivity index (χ4n) is 2.80. The Labute approximate surface area is 137 Å². The van der Waals surface area contributed by atoms with Crippen LogP contribution < -0.4 is 10.4 Å². The van der Waals surface area contributed by atoms with Crippen molar-refractivity contribution in [2.75, 3.05) is 38.1 Å². The van der Waals surface area contributed by atoms with Gasteiger partial charge in [0.05, 0.1) is 17.4 Å². The molecule has 0 saturated carbocycles. The minimum Gasteiger partial charge on any atom is -0.399 e. The monoisotopic (exact) mass is 321 g/mol. The zero-order chi connectivity index (χ0) is 16.8. The predicted octanol–water partition coefficient (Wildman–Crippen LogP) is 1.27. The van der Waals surface area contributed by atoms with Crippen LogP contribution in [-0.4, -0.2) is 61.4 Å². The maximum absolute atomic E-state index is 14.3. The van der Waals surface area contributed by atoms with E-state index in [1.165, 1.54) is 6.20 Å². The first kappa shape index (κ1) is 16.7. The Bertz CT molecular complexity index is 573. The molecule has 5 nitrogen and oxygen atoms in total. The number of aromatic nitrogens is 1. The molecule has 0 spiro atoms. The third-order valence-electron chi connectivity index (χ3n) is 5.20. The Hall–Kier alpha value is -1.18. The molecule has 0 bridgehead atoms. The van der Waals surface area contributed by atoms with E-state index >= 15 is 0 Å². The molecule has 1 aromatic heterocycles. The molecule has 0 radical (unpaired) electrons. The van der Waals surface area contributed by atoms with Crippen LogP contribution in [0.25, 0.3) is 0 Å². The van der Waals surface area contributed by atoms with Crippen LogP contribution in [0.1, 0.15) is 27.7 Å². The highest BCUT2D eigenvalue weighted by atomic mass is 19.1. The third kappa shape index (κ3) is 3.10. The van der Waals surface area contributed by atoms with Gasteiger partial charge in [0.25, 0.3) is 0 Å². The fourth-order valence-corrected chi connectivity index (χ4v) is 2.80. The topological polar surface area (TPSA) is 37.8 Å². The SMILES string of the molecule is CN1CCN(c2cc(B3OC(C)(C)C(C)(C)O3)c(F)cn2)CC1. The number of rotatable bonds is 2. The molecule has 126 valence electrons. The zero-order valence-corrected chi connectivity index (χ0v) is 14.6. The van der Waals surface area contributed by atoms with Crippen LogP contribution in [-0.2, 0) is 9.31 Å². The molecule has 3 heterocycles. The normalized spacial score (nSPS) is 24.3. The van der Waals surface area contributed by atoms with Crippen molar-refractivity contribution in [3.05, 3.63) is 18.1 Å². The van der Waals surface area contributed by atoms with Crippen LogP contribution in [0, 0.1) is 5.82 Å². The lowest BCUT2D eigenvalue weighted by atomic mass is 9.79. The molecule has 0 aromatic carbocycles. The summed E-state index contributed by atoms with van der Waals surface area (Å²) in [7, 11) is 1.40. The molecule has 7 heteroatoms. The lowest BCUT2D eigenvalue weighted by Crippen LogP contribution is -2.45. The van der Waals surface area contributed by atoms with Crippen molar-refractivity contribution in [1.29, 1.82) is 0 Å². The first-order valence-electron chi connectivity index (χ1n) is 8.14. The van der Waals surface area contributed by atoms with Crippen molar-refractivity contribution < 1.29 is 13.7 Å². The van der Waals surface area contributed by atoms with Crippen molar-refractivity contribution >= 4 is 18.4 Å². The summed E-state index contributed by atoms with van der Waals surface area (Å²) >= 11 is 0. The van der Waals surface area contributed by atoms with Crippen LogP contribution >= 0.6 is 0 Å². The van der Waals surface area contributed by atoms with Crippen LogP contribution in [0.2, 0.25) is 0 Å². The van der Waals surface area contributed by atoms with Crippen molar-refractivity contribution in [2.45, 2.75) is 38.9 Å². The summed E-state index contributed by atoms with van der Waals surface area (Å²) in [6, 6.07) is 1.77. The second-order valence-corrected chi connectivity index (χ2v) is 7.44. The number of hydrogen-bond acceptors (Lipinski definition) is 5. The van der Waals surface area contributed by atoms with E-state index in [1.54, 1.807) is 6.07 Å². The van der Waals surface area contributed by atoms with Gasteiger partial charge in [0.15, 0.2) is 0 Å². The van der Waals surface area contributed by atoms with Crippen molar-refractivity contribution in [2.24, 2.45) is 0 Å². The smallest absolute Gasteiger partial charge is 0.399 e. The molecule has 0 amide bonds. The van der Waals surface area contributed by atoms with Gasteiger partial charge in [0, 0.05) is 31.6 Å². The van der Waals surface area contributed by atoms with Gasteiger partial charge in [-0.15, -0.1) is 0 Å². The molecule has 2 fully saturated rings. The number of nitrogens with zero attached hydrogens (tertiary/aromatic N) is 3. The van der Waals surface area contributed by atoms with E-state index in [2.05, 4.69) is 21.8 Å². The zero-order valence-electron chi connectivity index (χ0n) is 14.6. The van der Waals surface area contributed by atoms with Crippen LogP contribution in [0.5, 0.6) is 0 Å². The highest BCUT2D eigenvalue weighted by Crippen LogP contribution is 2.36. The summed E-state index contributed by atoms with van der Waals surface area (Å²) in [5.41, 5.74) is -0.546. The summed E-state index contributed by atoms with van der Waals surface area (Å²) in [6.45, 7) is 11.6. The molecular formula is C16H25BFN3O2. The lowest BCUT2D eigenvalue weighted by Gasteiger charge is -2.33. The average Bonchev–Trinajstić information content (AvgIpc) is 2.69. The van der Waals surface area contributed by atoms with E-state index in [-0.39, 0.29) is 5.82 Å². The lowest BCUT2D eigenvalue weighted by molar-refractivity contribution is 0.00578. The van der Waals surface area contributed by atoms with Gasteiger partial charge in [-0.05, 0) is 40.8 Å². The Morgan fingerprint density at radius 2 is 1.65 bits per heavy atom. The molecule has 23 heavy (non-hydrogen) atoms. The number of likely N-dealkylation sites (N-methyl/N-ethyl adjacent to an activating group) is 1. The molecule has 2 aliphatic heterocycles. The van der Waals surface area contributed by atoms with Gasteiger partial charge >= 0.3 is 7.12 Å². The molecular weight excluding hydrogens is 296 g/mol. The highest BCUT2D eigenvalue weighted by molar-refractivity contribution is 6.62.